The van der Waals surface area contributed by atoms with Crippen LogP contribution in [0, 0.1) is 0 Å². The van der Waals surface area contributed by atoms with E-state index in [9.17, 15) is 8.42 Å². The molecule has 0 saturated heterocycles. The van der Waals surface area contributed by atoms with Crippen LogP contribution in [0.1, 0.15) is 6.92 Å². The van der Waals surface area contributed by atoms with Gasteiger partial charge in [-0.1, -0.05) is 5.10 Å². The fourth-order valence-corrected chi connectivity index (χ4v) is 2.30. The van der Waals surface area contributed by atoms with Crippen LogP contribution in [0.15, 0.2) is 11.1 Å². The zero-order valence-electron chi connectivity index (χ0n) is 9.77. The molecule has 2 aromatic heterocycles. The quantitative estimate of drug-likeness (QED) is 0.714. The van der Waals surface area contributed by atoms with E-state index in [0.717, 1.165) is 4.80 Å². The summed E-state index contributed by atoms with van der Waals surface area (Å²) in [6.45, 7) is 2.34. The first-order chi connectivity index (χ1) is 8.42. The highest BCUT2D eigenvalue weighted by Gasteiger charge is 2.22. The Morgan fingerprint density at radius 1 is 1.44 bits per heavy atom. The number of anilines is 2. The zero-order chi connectivity index (χ0) is 13.3. The van der Waals surface area contributed by atoms with Gasteiger partial charge in [-0.15, -0.1) is 5.10 Å². The smallest absolute Gasteiger partial charge is 0.277 e. The van der Waals surface area contributed by atoms with Gasteiger partial charge in [0.15, 0.2) is 5.82 Å². The lowest BCUT2D eigenvalue weighted by molar-refractivity contribution is 0.600. The standard InChI is InChI=1S/C7H12N8O2S/c1-3-15-4-5(6(8)10-15)18(16,17)12-7-9-13-14(2)11-7/h4H,3H2,1-2H3,(H2,8,10)(H,11,12). The molecule has 0 aliphatic carbocycles. The minimum absolute atomic E-state index is 0.0757. The van der Waals surface area contributed by atoms with Gasteiger partial charge in [0.25, 0.3) is 16.0 Å². The average molecular weight is 272 g/mol. The summed E-state index contributed by atoms with van der Waals surface area (Å²) in [6.07, 6.45) is 1.34. The van der Waals surface area contributed by atoms with Crippen LogP contribution in [-0.4, -0.2) is 38.4 Å². The lowest BCUT2D eigenvalue weighted by Crippen LogP contribution is -2.15. The highest BCUT2D eigenvalue weighted by atomic mass is 32.2. The van der Waals surface area contributed by atoms with Crippen LogP contribution >= 0.6 is 0 Å². The zero-order valence-corrected chi connectivity index (χ0v) is 10.6. The molecule has 0 aliphatic rings. The van der Waals surface area contributed by atoms with E-state index in [0.29, 0.717) is 6.54 Å². The monoisotopic (exact) mass is 272 g/mol. The molecule has 0 radical (unpaired) electrons. The summed E-state index contributed by atoms with van der Waals surface area (Å²) in [6, 6.07) is 0. The number of aromatic nitrogens is 6. The Bertz CT molecular complexity index is 657. The van der Waals surface area contributed by atoms with Crippen LogP contribution in [-0.2, 0) is 23.6 Å². The van der Waals surface area contributed by atoms with Gasteiger partial charge in [-0.2, -0.15) is 9.90 Å². The number of hydrogen-bond donors (Lipinski definition) is 2. The Balaban J connectivity index is 2.33. The van der Waals surface area contributed by atoms with Crippen molar-refractivity contribution < 1.29 is 8.42 Å². The van der Waals surface area contributed by atoms with Crippen LogP contribution in [0.25, 0.3) is 0 Å². The summed E-state index contributed by atoms with van der Waals surface area (Å²) in [5.41, 5.74) is 5.55. The molecule has 11 heteroatoms. The number of sulfonamides is 1. The third kappa shape index (κ3) is 2.25. The molecule has 18 heavy (non-hydrogen) atoms. The highest BCUT2D eigenvalue weighted by molar-refractivity contribution is 7.92. The summed E-state index contributed by atoms with van der Waals surface area (Å²) in [5, 5.41) is 14.6. The predicted octanol–water partition coefficient (Wildman–Crippen LogP) is -1.19. The Morgan fingerprint density at radius 2 is 2.17 bits per heavy atom. The number of tetrazole rings is 1. The molecule has 0 amide bonds. The molecule has 2 heterocycles. The molecule has 0 bridgehead atoms. The van der Waals surface area contributed by atoms with Crippen molar-refractivity contribution in [3.63, 3.8) is 0 Å². The maximum absolute atomic E-state index is 12.0. The SMILES string of the molecule is CCn1cc(S(=O)(=O)Nc2nnn(C)n2)c(N)n1. The first kappa shape index (κ1) is 12.3. The van der Waals surface area contributed by atoms with Crippen LogP contribution in [0.5, 0.6) is 0 Å². The molecule has 2 aromatic rings. The first-order valence-corrected chi connectivity index (χ1v) is 6.50. The summed E-state index contributed by atoms with van der Waals surface area (Å²) < 4.78 is 27.6. The van der Waals surface area contributed by atoms with Gasteiger partial charge in [-0.25, -0.2) is 13.1 Å². The van der Waals surface area contributed by atoms with E-state index in [1.807, 2.05) is 6.92 Å². The Kier molecular flexibility index (Phi) is 2.90. The third-order valence-electron chi connectivity index (χ3n) is 2.10. The van der Waals surface area contributed by atoms with Gasteiger partial charge in [0.1, 0.15) is 4.90 Å². The fraction of sp³-hybridized carbons (Fsp3) is 0.429. The number of nitrogens with one attached hydrogen (secondary N) is 1. The number of hydrogen-bond acceptors (Lipinski definition) is 7. The van der Waals surface area contributed by atoms with E-state index < -0.39 is 10.0 Å². The summed E-state index contributed by atoms with van der Waals surface area (Å²) in [7, 11) is -2.33. The Labute approximate surface area is 103 Å². The van der Waals surface area contributed by atoms with Crippen LogP contribution in [0.4, 0.5) is 11.8 Å². The van der Waals surface area contributed by atoms with E-state index in [1.54, 1.807) is 0 Å². The topological polar surface area (TPSA) is 134 Å². The molecule has 3 N–H and O–H groups in total. The second-order valence-corrected chi connectivity index (χ2v) is 5.09. The molecular weight excluding hydrogens is 260 g/mol. The average Bonchev–Trinajstić information content (AvgIpc) is 2.84. The van der Waals surface area contributed by atoms with E-state index >= 15 is 0 Å². The second kappa shape index (κ2) is 4.25. The highest BCUT2D eigenvalue weighted by Crippen LogP contribution is 2.18. The van der Waals surface area contributed by atoms with Crippen LogP contribution in [0.2, 0.25) is 0 Å². The maximum atomic E-state index is 12.0. The normalized spacial score (nSPS) is 11.7. The molecule has 98 valence electrons. The van der Waals surface area contributed by atoms with Gasteiger partial charge >= 0.3 is 0 Å². The molecule has 0 aliphatic heterocycles. The largest absolute Gasteiger partial charge is 0.381 e. The van der Waals surface area contributed by atoms with Crippen LogP contribution in [0.3, 0.4) is 0 Å². The number of aryl methyl sites for hydroxylation is 2. The minimum Gasteiger partial charge on any atom is -0.381 e. The van der Waals surface area contributed by atoms with Crippen molar-refractivity contribution in [1.82, 2.24) is 30.0 Å². The maximum Gasteiger partial charge on any atom is 0.277 e. The fourth-order valence-electron chi connectivity index (χ4n) is 1.29. The lowest BCUT2D eigenvalue weighted by Gasteiger charge is -2.01. The van der Waals surface area contributed by atoms with Crippen molar-refractivity contribution in [2.24, 2.45) is 7.05 Å². The summed E-state index contributed by atoms with van der Waals surface area (Å²) >= 11 is 0. The van der Waals surface area contributed by atoms with E-state index in [4.69, 9.17) is 5.73 Å². The lowest BCUT2D eigenvalue weighted by atomic mass is 10.6. The Morgan fingerprint density at radius 3 is 2.67 bits per heavy atom. The molecule has 0 spiro atoms. The number of nitrogens with two attached hydrogens (primary N) is 1. The van der Waals surface area contributed by atoms with Gasteiger partial charge in [-0.3, -0.25) is 4.68 Å². The molecule has 2 rings (SSSR count). The first-order valence-electron chi connectivity index (χ1n) is 5.02. The van der Waals surface area contributed by atoms with Gasteiger partial charge in [0.05, 0.1) is 7.05 Å². The van der Waals surface area contributed by atoms with Gasteiger partial charge in [-0.05, 0) is 12.1 Å². The number of nitrogen functional groups attached to an aromatic ring is 1. The Hall–Kier alpha value is -2.17. The van der Waals surface area contributed by atoms with Crippen molar-refractivity contribution >= 4 is 21.8 Å². The summed E-state index contributed by atoms with van der Waals surface area (Å²) in [4.78, 5) is 1.02. The molecule has 0 fully saturated rings. The van der Waals surface area contributed by atoms with Crippen molar-refractivity contribution in [3.05, 3.63) is 6.20 Å². The molecular formula is C7H12N8O2S. The second-order valence-electron chi connectivity index (χ2n) is 3.44. The molecule has 0 saturated carbocycles. The van der Waals surface area contributed by atoms with Gasteiger partial charge in [0.2, 0.25) is 0 Å². The van der Waals surface area contributed by atoms with Crippen molar-refractivity contribution in [2.45, 2.75) is 18.4 Å². The molecule has 0 atom stereocenters. The van der Waals surface area contributed by atoms with Gasteiger partial charge in [0, 0.05) is 12.7 Å². The van der Waals surface area contributed by atoms with Crippen LogP contribution < -0.4 is 10.5 Å². The molecule has 0 unspecified atom stereocenters. The van der Waals surface area contributed by atoms with Crippen molar-refractivity contribution in [1.29, 1.82) is 0 Å². The van der Waals surface area contributed by atoms with E-state index in [-0.39, 0.29) is 16.7 Å². The molecule has 10 nitrogen and oxygen atoms in total. The van der Waals surface area contributed by atoms with E-state index in [2.05, 4.69) is 25.2 Å². The predicted molar refractivity (Wildman–Crippen MR) is 61.9 cm³/mol. The number of nitrogens with zero attached hydrogens (tertiary/aromatic N) is 6. The van der Waals surface area contributed by atoms with Gasteiger partial charge < -0.3 is 5.73 Å². The number of rotatable bonds is 4. The third-order valence-corrected chi connectivity index (χ3v) is 3.45. The van der Waals surface area contributed by atoms with E-state index in [1.165, 1.54) is 17.9 Å². The molecule has 0 aromatic carbocycles. The van der Waals surface area contributed by atoms with Crippen molar-refractivity contribution in [3.8, 4) is 0 Å². The summed E-state index contributed by atoms with van der Waals surface area (Å²) in [5.74, 6) is -0.200. The van der Waals surface area contributed by atoms with Crippen molar-refractivity contribution in [2.75, 3.05) is 10.5 Å². The minimum atomic E-state index is -3.86.